The van der Waals surface area contributed by atoms with Gasteiger partial charge < -0.3 is 10.1 Å². The zero-order valence-corrected chi connectivity index (χ0v) is 11.3. The van der Waals surface area contributed by atoms with E-state index in [1.807, 2.05) is 0 Å². The quantitative estimate of drug-likeness (QED) is 0.884. The molecule has 1 aliphatic heterocycles. The molecule has 1 aromatic carbocycles. The van der Waals surface area contributed by atoms with E-state index in [-0.39, 0.29) is 5.82 Å². The topological polar surface area (TPSA) is 21.3 Å². The number of hydrogen-bond donors (Lipinski definition) is 1. The molecule has 2 atom stereocenters. The molecule has 0 spiro atoms. The summed E-state index contributed by atoms with van der Waals surface area (Å²) in [6, 6.07) is 4.82. The van der Waals surface area contributed by atoms with Crippen molar-refractivity contribution in [3.05, 3.63) is 29.0 Å². The first-order chi connectivity index (χ1) is 8.69. The Morgan fingerprint density at radius 2 is 2.33 bits per heavy atom. The van der Waals surface area contributed by atoms with Gasteiger partial charge in [-0.25, -0.2) is 4.39 Å². The van der Waals surface area contributed by atoms with Crippen LogP contribution in [0.3, 0.4) is 0 Å². The molecular weight excluding hydrogens is 253 g/mol. The Bertz CT molecular complexity index is 397. The molecule has 1 saturated heterocycles. The Morgan fingerprint density at radius 3 is 3.06 bits per heavy atom. The smallest absolute Gasteiger partial charge is 0.124 e. The van der Waals surface area contributed by atoms with Crippen LogP contribution < -0.4 is 5.32 Å². The van der Waals surface area contributed by atoms with Crippen molar-refractivity contribution in [2.75, 3.05) is 11.9 Å². The number of anilines is 1. The summed E-state index contributed by atoms with van der Waals surface area (Å²) in [6.07, 6.45) is 4.51. The van der Waals surface area contributed by atoms with Crippen LogP contribution in [-0.2, 0) is 4.74 Å². The molecule has 0 radical (unpaired) electrons. The lowest BCUT2D eigenvalue weighted by atomic mass is 10.00. The van der Waals surface area contributed by atoms with E-state index in [9.17, 15) is 4.39 Å². The van der Waals surface area contributed by atoms with Crippen molar-refractivity contribution in [3.63, 3.8) is 0 Å². The highest BCUT2D eigenvalue weighted by Crippen LogP contribution is 2.26. The second kappa shape index (κ2) is 6.39. The summed E-state index contributed by atoms with van der Waals surface area (Å²) in [5.74, 6) is -0.304. The van der Waals surface area contributed by atoms with Crippen LogP contribution in [0.25, 0.3) is 0 Å². The molecule has 0 saturated carbocycles. The third-order valence-corrected chi connectivity index (χ3v) is 3.58. The fourth-order valence-corrected chi connectivity index (χ4v) is 2.58. The number of halogens is 2. The molecule has 0 aromatic heterocycles. The van der Waals surface area contributed by atoms with Crippen molar-refractivity contribution in [3.8, 4) is 0 Å². The highest BCUT2D eigenvalue weighted by Gasteiger charge is 2.22. The third kappa shape index (κ3) is 3.59. The Balaban J connectivity index is 1.96. The minimum absolute atomic E-state index is 0.304. The maximum absolute atomic E-state index is 13.0. The van der Waals surface area contributed by atoms with E-state index in [0.29, 0.717) is 17.2 Å². The lowest BCUT2D eigenvalue weighted by Gasteiger charge is -2.31. The van der Waals surface area contributed by atoms with Gasteiger partial charge in [0.05, 0.1) is 16.8 Å². The summed E-state index contributed by atoms with van der Waals surface area (Å²) in [5, 5.41) is 3.82. The summed E-state index contributed by atoms with van der Waals surface area (Å²) in [4.78, 5) is 0. The van der Waals surface area contributed by atoms with Gasteiger partial charge in [-0.2, -0.15) is 0 Å². The van der Waals surface area contributed by atoms with Crippen LogP contribution >= 0.6 is 11.6 Å². The first-order valence-electron chi connectivity index (χ1n) is 6.52. The van der Waals surface area contributed by atoms with E-state index < -0.39 is 0 Å². The van der Waals surface area contributed by atoms with Crippen LogP contribution in [0.15, 0.2) is 18.2 Å². The van der Waals surface area contributed by atoms with Gasteiger partial charge >= 0.3 is 0 Å². The molecule has 2 rings (SSSR count). The minimum Gasteiger partial charge on any atom is -0.381 e. The van der Waals surface area contributed by atoms with Crippen molar-refractivity contribution in [1.29, 1.82) is 0 Å². The molecule has 1 fully saturated rings. The maximum atomic E-state index is 13.0. The first kappa shape index (κ1) is 13.6. The van der Waals surface area contributed by atoms with Crippen molar-refractivity contribution in [2.45, 2.75) is 44.8 Å². The van der Waals surface area contributed by atoms with E-state index in [0.717, 1.165) is 38.0 Å². The predicted molar refractivity (Wildman–Crippen MR) is 72.7 cm³/mol. The van der Waals surface area contributed by atoms with E-state index in [2.05, 4.69) is 12.2 Å². The van der Waals surface area contributed by atoms with Gasteiger partial charge in [-0.3, -0.25) is 0 Å². The number of rotatable bonds is 4. The summed E-state index contributed by atoms with van der Waals surface area (Å²) in [5.41, 5.74) is 0.806. The van der Waals surface area contributed by atoms with Gasteiger partial charge in [0.2, 0.25) is 0 Å². The molecule has 0 aliphatic carbocycles. The molecule has 100 valence electrons. The normalized spacial score (nSPS) is 23.9. The van der Waals surface area contributed by atoms with Crippen LogP contribution in [0.1, 0.15) is 32.6 Å². The first-order valence-corrected chi connectivity index (χ1v) is 6.90. The van der Waals surface area contributed by atoms with E-state index in [1.54, 1.807) is 6.07 Å². The zero-order valence-electron chi connectivity index (χ0n) is 10.6. The number of nitrogens with one attached hydrogen (secondary N) is 1. The predicted octanol–water partition coefficient (Wildman–Crippen LogP) is 4.24. The molecule has 1 aliphatic rings. The van der Waals surface area contributed by atoms with E-state index in [4.69, 9.17) is 16.3 Å². The van der Waals surface area contributed by atoms with Gasteiger partial charge in [-0.1, -0.05) is 24.9 Å². The highest BCUT2D eigenvalue weighted by atomic mass is 35.5. The fourth-order valence-electron chi connectivity index (χ4n) is 2.36. The molecule has 1 N–H and O–H groups in total. The van der Waals surface area contributed by atoms with Crippen molar-refractivity contribution < 1.29 is 9.13 Å². The van der Waals surface area contributed by atoms with Crippen LogP contribution in [-0.4, -0.2) is 18.8 Å². The summed E-state index contributed by atoms with van der Waals surface area (Å²) in [6.45, 7) is 2.94. The van der Waals surface area contributed by atoms with Gasteiger partial charge in [0.1, 0.15) is 5.82 Å². The Morgan fingerprint density at radius 1 is 1.50 bits per heavy atom. The van der Waals surface area contributed by atoms with Crippen molar-refractivity contribution in [1.82, 2.24) is 0 Å². The van der Waals surface area contributed by atoms with Gasteiger partial charge in [0.15, 0.2) is 0 Å². The van der Waals surface area contributed by atoms with Crippen LogP contribution in [0.4, 0.5) is 10.1 Å². The van der Waals surface area contributed by atoms with Crippen molar-refractivity contribution >= 4 is 17.3 Å². The number of benzene rings is 1. The average Bonchev–Trinajstić information content (AvgIpc) is 2.34. The molecule has 1 aromatic rings. The Kier molecular flexibility index (Phi) is 4.84. The maximum Gasteiger partial charge on any atom is 0.124 e. The summed E-state index contributed by atoms with van der Waals surface area (Å²) >= 11 is 6.01. The molecule has 4 heteroatoms. The lowest BCUT2D eigenvalue weighted by molar-refractivity contribution is 0.00598. The van der Waals surface area contributed by atoms with Gasteiger partial charge in [0, 0.05) is 12.6 Å². The van der Waals surface area contributed by atoms with Crippen LogP contribution in [0, 0.1) is 5.82 Å². The van der Waals surface area contributed by atoms with Gasteiger partial charge in [0.25, 0.3) is 0 Å². The molecular formula is C14H19ClFNO. The molecule has 0 bridgehead atoms. The Hall–Kier alpha value is -0.800. The fraction of sp³-hybridized carbons (Fsp3) is 0.571. The van der Waals surface area contributed by atoms with E-state index in [1.165, 1.54) is 12.1 Å². The second-order valence-corrected chi connectivity index (χ2v) is 5.18. The third-order valence-electron chi connectivity index (χ3n) is 3.27. The molecule has 2 nitrogen and oxygen atoms in total. The SMILES string of the molecule is CCCC1CC(Nc2ccc(F)cc2Cl)CCO1. The van der Waals surface area contributed by atoms with Crippen LogP contribution in [0.5, 0.6) is 0 Å². The number of ether oxygens (including phenoxy) is 1. The van der Waals surface area contributed by atoms with Gasteiger partial charge in [-0.05, 0) is 37.5 Å². The standard InChI is InChI=1S/C14H19ClFNO/c1-2-3-12-9-11(6-7-18-12)17-14-5-4-10(16)8-13(14)15/h4-5,8,11-12,17H,2-3,6-7,9H2,1H3. The molecule has 2 unspecified atom stereocenters. The average molecular weight is 272 g/mol. The Labute approximate surface area is 112 Å². The second-order valence-electron chi connectivity index (χ2n) is 4.77. The highest BCUT2D eigenvalue weighted by molar-refractivity contribution is 6.33. The molecule has 0 amide bonds. The summed E-state index contributed by atoms with van der Waals surface area (Å²) < 4.78 is 18.7. The zero-order chi connectivity index (χ0) is 13.0. The largest absolute Gasteiger partial charge is 0.381 e. The van der Waals surface area contributed by atoms with Gasteiger partial charge in [-0.15, -0.1) is 0 Å². The lowest BCUT2D eigenvalue weighted by Crippen LogP contribution is -2.34. The molecule has 18 heavy (non-hydrogen) atoms. The summed E-state index contributed by atoms with van der Waals surface area (Å²) in [7, 11) is 0. The van der Waals surface area contributed by atoms with Crippen LogP contribution in [0.2, 0.25) is 5.02 Å². The number of hydrogen-bond acceptors (Lipinski definition) is 2. The van der Waals surface area contributed by atoms with Crippen molar-refractivity contribution in [2.24, 2.45) is 0 Å². The van der Waals surface area contributed by atoms with E-state index >= 15 is 0 Å². The monoisotopic (exact) mass is 271 g/mol. The molecule has 1 heterocycles. The minimum atomic E-state index is -0.304.